The first kappa shape index (κ1) is 15.9. The number of hydrogen-bond acceptors (Lipinski definition) is 4. The smallest absolute Gasteiger partial charge is 0.272 e. The first-order chi connectivity index (χ1) is 11.5. The first-order valence-electron chi connectivity index (χ1n) is 7.54. The Morgan fingerprint density at radius 3 is 2.58 bits per heavy atom. The standard InChI is InChI=1S/C17H16FN3O3/c1-11-2-4-12(5-3-11)20-9-8-16(17(20)22)19-15-7-6-13(21(23)24)10-14(15)18/h2-7,10,16,19H,8-9H2,1H3. The fourth-order valence-electron chi connectivity index (χ4n) is 2.72. The van der Waals surface area contributed by atoms with Gasteiger partial charge in [0.2, 0.25) is 5.91 Å². The molecule has 1 heterocycles. The molecule has 0 aliphatic carbocycles. The zero-order valence-electron chi connectivity index (χ0n) is 13.0. The normalized spacial score (nSPS) is 17.2. The Hall–Kier alpha value is -2.96. The Labute approximate surface area is 138 Å². The summed E-state index contributed by atoms with van der Waals surface area (Å²) >= 11 is 0. The number of non-ortho nitro benzene ring substituents is 1. The van der Waals surface area contributed by atoms with Crippen LogP contribution in [0.15, 0.2) is 42.5 Å². The summed E-state index contributed by atoms with van der Waals surface area (Å²) in [6.45, 7) is 2.51. The maximum Gasteiger partial charge on any atom is 0.272 e. The number of carbonyl (C=O) groups excluding carboxylic acids is 1. The third-order valence-corrected chi connectivity index (χ3v) is 4.04. The van der Waals surface area contributed by atoms with E-state index in [0.717, 1.165) is 17.3 Å². The number of carbonyl (C=O) groups is 1. The number of hydrogen-bond donors (Lipinski definition) is 1. The number of halogens is 1. The molecule has 1 aliphatic heterocycles. The minimum atomic E-state index is -0.745. The number of nitro groups is 1. The van der Waals surface area contributed by atoms with Gasteiger partial charge in [-0.15, -0.1) is 0 Å². The number of aryl methyl sites for hydroxylation is 1. The van der Waals surface area contributed by atoms with Crippen molar-refractivity contribution in [1.82, 2.24) is 0 Å². The molecule has 1 fully saturated rings. The van der Waals surface area contributed by atoms with Gasteiger partial charge in [0.05, 0.1) is 16.7 Å². The molecule has 1 N–H and O–H groups in total. The van der Waals surface area contributed by atoms with Gasteiger partial charge in [0.1, 0.15) is 6.04 Å². The average Bonchev–Trinajstić information content (AvgIpc) is 2.91. The molecular formula is C17H16FN3O3. The summed E-state index contributed by atoms with van der Waals surface area (Å²) < 4.78 is 14.0. The predicted octanol–water partition coefficient (Wildman–Crippen LogP) is 3.26. The molecule has 0 radical (unpaired) electrons. The van der Waals surface area contributed by atoms with Crippen molar-refractivity contribution in [2.75, 3.05) is 16.8 Å². The Kier molecular flexibility index (Phi) is 4.16. The van der Waals surface area contributed by atoms with Crippen molar-refractivity contribution in [2.24, 2.45) is 0 Å². The van der Waals surface area contributed by atoms with Gasteiger partial charge in [0, 0.05) is 18.3 Å². The number of nitrogens with one attached hydrogen (secondary N) is 1. The molecule has 0 aromatic heterocycles. The van der Waals surface area contributed by atoms with E-state index in [2.05, 4.69) is 5.32 Å². The molecule has 3 rings (SSSR count). The van der Waals surface area contributed by atoms with E-state index >= 15 is 0 Å². The summed E-state index contributed by atoms with van der Waals surface area (Å²) in [5, 5.41) is 13.5. The van der Waals surface area contributed by atoms with Crippen LogP contribution in [0.4, 0.5) is 21.5 Å². The van der Waals surface area contributed by atoms with Crippen LogP contribution >= 0.6 is 0 Å². The SMILES string of the molecule is Cc1ccc(N2CCC(Nc3ccc([N+](=O)[O-])cc3F)C2=O)cc1. The van der Waals surface area contributed by atoms with Gasteiger partial charge in [-0.1, -0.05) is 17.7 Å². The summed E-state index contributed by atoms with van der Waals surface area (Å²) in [7, 11) is 0. The second kappa shape index (κ2) is 6.27. The van der Waals surface area contributed by atoms with Crippen LogP contribution in [0.3, 0.4) is 0 Å². The number of benzene rings is 2. The van der Waals surface area contributed by atoms with Gasteiger partial charge in [0.15, 0.2) is 5.82 Å². The summed E-state index contributed by atoms with van der Waals surface area (Å²) in [6, 6.07) is 10.4. The fourth-order valence-corrected chi connectivity index (χ4v) is 2.72. The van der Waals surface area contributed by atoms with Crippen molar-refractivity contribution >= 4 is 23.0 Å². The lowest BCUT2D eigenvalue weighted by atomic mass is 10.2. The molecule has 1 amide bonds. The minimum Gasteiger partial charge on any atom is -0.371 e. The number of rotatable bonds is 4. The van der Waals surface area contributed by atoms with Gasteiger partial charge in [-0.3, -0.25) is 14.9 Å². The van der Waals surface area contributed by atoms with Gasteiger partial charge in [-0.25, -0.2) is 4.39 Å². The first-order valence-corrected chi connectivity index (χ1v) is 7.54. The summed E-state index contributed by atoms with van der Waals surface area (Å²) in [5.41, 5.74) is 1.67. The van der Waals surface area contributed by atoms with Crippen molar-refractivity contribution in [3.05, 3.63) is 64.0 Å². The number of nitro benzene ring substituents is 1. The number of anilines is 2. The monoisotopic (exact) mass is 329 g/mol. The molecule has 124 valence electrons. The molecule has 2 aromatic carbocycles. The molecule has 24 heavy (non-hydrogen) atoms. The van der Waals surface area contributed by atoms with Crippen molar-refractivity contribution in [1.29, 1.82) is 0 Å². The second-order valence-corrected chi connectivity index (χ2v) is 5.73. The zero-order chi connectivity index (χ0) is 17.3. The van der Waals surface area contributed by atoms with Crippen LogP contribution in [0.1, 0.15) is 12.0 Å². The van der Waals surface area contributed by atoms with Crippen molar-refractivity contribution in [2.45, 2.75) is 19.4 Å². The Bertz CT molecular complexity index is 792. The van der Waals surface area contributed by atoms with Gasteiger partial charge in [0.25, 0.3) is 5.69 Å². The van der Waals surface area contributed by atoms with E-state index in [1.807, 2.05) is 31.2 Å². The number of nitrogens with zero attached hydrogens (tertiary/aromatic N) is 2. The molecular weight excluding hydrogens is 313 g/mol. The largest absolute Gasteiger partial charge is 0.371 e. The molecule has 2 aromatic rings. The Balaban J connectivity index is 1.74. The fraction of sp³-hybridized carbons (Fsp3) is 0.235. The van der Waals surface area contributed by atoms with E-state index in [1.54, 1.807) is 4.90 Å². The van der Waals surface area contributed by atoms with Gasteiger partial charge in [-0.2, -0.15) is 0 Å². The molecule has 7 heteroatoms. The highest BCUT2D eigenvalue weighted by Gasteiger charge is 2.33. The quantitative estimate of drug-likeness (QED) is 0.690. The van der Waals surface area contributed by atoms with Crippen LogP contribution in [-0.2, 0) is 4.79 Å². The van der Waals surface area contributed by atoms with Crippen LogP contribution in [0, 0.1) is 22.9 Å². The van der Waals surface area contributed by atoms with Crippen molar-refractivity contribution < 1.29 is 14.1 Å². The summed E-state index contributed by atoms with van der Waals surface area (Å²) in [5.74, 6) is -0.887. The van der Waals surface area contributed by atoms with E-state index in [4.69, 9.17) is 0 Å². The maximum atomic E-state index is 14.0. The highest BCUT2D eigenvalue weighted by molar-refractivity contribution is 6.01. The maximum absolute atomic E-state index is 14.0. The second-order valence-electron chi connectivity index (χ2n) is 5.73. The van der Waals surface area contributed by atoms with Gasteiger partial charge in [-0.05, 0) is 31.5 Å². The predicted molar refractivity (Wildman–Crippen MR) is 88.6 cm³/mol. The lowest BCUT2D eigenvalue weighted by molar-refractivity contribution is -0.385. The van der Waals surface area contributed by atoms with Gasteiger partial charge >= 0.3 is 0 Å². The summed E-state index contributed by atoms with van der Waals surface area (Å²) in [6.07, 6.45) is 0.531. The van der Waals surface area contributed by atoms with Crippen LogP contribution in [0.25, 0.3) is 0 Å². The zero-order valence-corrected chi connectivity index (χ0v) is 13.0. The molecule has 0 bridgehead atoms. The highest BCUT2D eigenvalue weighted by atomic mass is 19.1. The minimum absolute atomic E-state index is 0.0877. The molecule has 0 spiro atoms. The van der Waals surface area contributed by atoms with E-state index in [-0.39, 0.29) is 17.3 Å². The third-order valence-electron chi connectivity index (χ3n) is 4.04. The highest BCUT2D eigenvalue weighted by Crippen LogP contribution is 2.26. The molecule has 1 atom stereocenters. The Morgan fingerprint density at radius 1 is 1.25 bits per heavy atom. The van der Waals surface area contributed by atoms with Crippen molar-refractivity contribution in [3.63, 3.8) is 0 Å². The van der Waals surface area contributed by atoms with Crippen LogP contribution in [0.5, 0.6) is 0 Å². The van der Waals surface area contributed by atoms with Crippen LogP contribution in [-0.4, -0.2) is 23.4 Å². The summed E-state index contributed by atoms with van der Waals surface area (Å²) in [4.78, 5) is 24.2. The molecule has 1 unspecified atom stereocenters. The van der Waals surface area contributed by atoms with Crippen molar-refractivity contribution in [3.8, 4) is 0 Å². The van der Waals surface area contributed by atoms with Crippen LogP contribution in [0.2, 0.25) is 0 Å². The van der Waals surface area contributed by atoms with E-state index in [0.29, 0.717) is 13.0 Å². The lowest BCUT2D eigenvalue weighted by Gasteiger charge is -2.18. The van der Waals surface area contributed by atoms with E-state index in [9.17, 15) is 19.3 Å². The van der Waals surface area contributed by atoms with E-state index in [1.165, 1.54) is 12.1 Å². The molecule has 0 saturated carbocycles. The van der Waals surface area contributed by atoms with Gasteiger partial charge < -0.3 is 10.2 Å². The Morgan fingerprint density at radius 2 is 1.96 bits per heavy atom. The van der Waals surface area contributed by atoms with E-state index < -0.39 is 16.8 Å². The number of amides is 1. The topological polar surface area (TPSA) is 75.5 Å². The molecule has 1 saturated heterocycles. The average molecular weight is 329 g/mol. The molecule has 1 aliphatic rings. The molecule has 6 nitrogen and oxygen atoms in total. The lowest BCUT2D eigenvalue weighted by Crippen LogP contribution is -2.33. The third kappa shape index (κ3) is 3.05. The van der Waals surface area contributed by atoms with Crippen LogP contribution < -0.4 is 10.2 Å².